The summed E-state index contributed by atoms with van der Waals surface area (Å²) in [6.07, 6.45) is 3.89. The SMILES string of the molecule is CCN1CCCCC1CNC(=NC)NCc1ccc(OC)cc1OC.I. The average Bonchev–Trinajstić information content (AvgIpc) is 2.68. The van der Waals surface area contributed by atoms with Crippen molar-refractivity contribution in [2.24, 2.45) is 4.99 Å². The van der Waals surface area contributed by atoms with E-state index >= 15 is 0 Å². The number of likely N-dealkylation sites (N-methyl/N-ethyl adjacent to an activating group) is 1. The summed E-state index contributed by atoms with van der Waals surface area (Å²) in [6, 6.07) is 6.44. The van der Waals surface area contributed by atoms with Gasteiger partial charge < -0.3 is 20.1 Å². The first-order chi connectivity index (χ1) is 12.2. The fourth-order valence-corrected chi connectivity index (χ4v) is 3.32. The molecule has 0 bridgehead atoms. The van der Waals surface area contributed by atoms with E-state index in [0.29, 0.717) is 12.6 Å². The standard InChI is InChI=1S/C19H32N4O2.HI/c1-5-23-11-7-6-8-16(23)14-22-19(20-2)21-13-15-9-10-17(24-3)12-18(15)25-4;/h9-10,12,16H,5-8,11,13-14H2,1-4H3,(H2,20,21,22);1H. The van der Waals surface area contributed by atoms with Crippen LogP contribution in [0.1, 0.15) is 31.7 Å². The molecule has 2 N–H and O–H groups in total. The second-order valence-electron chi connectivity index (χ2n) is 6.26. The lowest BCUT2D eigenvalue weighted by Gasteiger charge is -2.35. The van der Waals surface area contributed by atoms with Gasteiger partial charge in [-0.1, -0.05) is 13.3 Å². The minimum absolute atomic E-state index is 0. The highest BCUT2D eigenvalue weighted by molar-refractivity contribution is 14.0. The quantitative estimate of drug-likeness (QED) is 0.360. The molecule has 1 aliphatic rings. The Kier molecular flexibility index (Phi) is 10.7. The first-order valence-corrected chi connectivity index (χ1v) is 9.11. The second kappa shape index (κ2) is 12.2. The van der Waals surface area contributed by atoms with Crippen LogP contribution in [0.2, 0.25) is 0 Å². The smallest absolute Gasteiger partial charge is 0.191 e. The monoisotopic (exact) mass is 476 g/mol. The van der Waals surface area contributed by atoms with Crippen molar-refractivity contribution in [3.05, 3.63) is 23.8 Å². The molecule has 0 spiro atoms. The number of hydrogen-bond donors (Lipinski definition) is 2. The minimum atomic E-state index is 0. The number of likely N-dealkylation sites (tertiary alicyclic amines) is 1. The third-order valence-corrected chi connectivity index (χ3v) is 4.82. The summed E-state index contributed by atoms with van der Waals surface area (Å²) < 4.78 is 10.7. The van der Waals surface area contributed by atoms with Crippen molar-refractivity contribution in [2.45, 2.75) is 38.8 Å². The Labute approximate surface area is 174 Å². The summed E-state index contributed by atoms with van der Waals surface area (Å²) in [6.45, 7) is 6.13. The van der Waals surface area contributed by atoms with Crippen molar-refractivity contribution in [3.63, 3.8) is 0 Å². The maximum absolute atomic E-state index is 5.45. The first kappa shape index (κ1) is 22.8. The van der Waals surface area contributed by atoms with Crippen LogP contribution < -0.4 is 20.1 Å². The Morgan fingerprint density at radius 2 is 2.04 bits per heavy atom. The van der Waals surface area contributed by atoms with Gasteiger partial charge in [0.2, 0.25) is 0 Å². The van der Waals surface area contributed by atoms with Gasteiger partial charge in [0.15, 0.2) is 5.96 Å². The van der Waals surface area contributed by atoms with Gasteiger partial charge >= 0.3 is 0 Å². The van der Waals surface area contributed by atoms with E-state index in [2.05, 4.69) is 27.4 Å². The third kappa shape index (κ3) is 6.50. The molecule has 26 heavy (non-hydrogen) atoms. The molecule has 1 atom stereocenters. The number of aliphatic imine (C=N–C) groups is 1. The molecule has 0 radical (unpaired) electrons. The van der Waals surface area contributed by atoms with Gasteiger partial charge in [0.05, 0.1) is 14.2 Å². The van der Waals surface area contributed by atoms with E-state index in [4.69, 9.17) is 9.47 Å². The Hall–Kier alpha value is -1.22. The van der Waals surface area contributed by atoms with Crippen molar-refractivity contribution < 1.29 is 9.47 Å². The van der Waals surface area contributed by atoms with Crippen LogP contribution >= 0.6 is 24.0 Å². The van der Waals surface area contributed by atoms with E-state index in [-0.39, 0.29) is 24.0 Å². The molecule has 1 heterocycles. The molecule has 0 amide bonds. The topological polar surface area (TPSA) is 58.1 Å². The second-order valence-corrected chi connectivity index (χ2v) is 6.26. The fraction of sp³-hybridized carbons (Fsp3) is 0.632. The van der Waals surface area contributed by atoms with Crippen molar-refractivity contribution in [1.29, 1.82) is 0 Å². The van der Waals surface area contributed by atoms with Crippen LogP contribution in [0.25, 0.3) is 0 Å². The summed E-state index contributed by atoms with van der Waals surface area (Å²) in [4.78, 5) is 6.89. The van der Waals surface area contributed by atoms with E-state index in [1.807, 2.05) is 18.2 Å². The van der Waals surface area contributed by atoms with Gasteiger partial charge in [-0.05, 0) is 38.1 Å². The van der Waals surface area contributed by atoms with E-state index in [0.717, 1.165) is 36.1 Å². The van der Waals surface area contributed by atoms with Crippen LogP contribution in [0, 0.1) is 0 Å². The summed E-state index contributed by atoms with van der Waals surface area (Å²) in [5, 5.41) is 6.84. The number of guanidine groups is 1. The third-order valence-electron chi connectivity index (χ3n) is 4.82. The molecule has 148 valence electrons. The maximum Gasteiger partial charge on any atom is 0.191 e. The van der Waals surface area contributed by atoms with Gasteiger partial charge in [0.25, 0.3) is 0 Å². The normalized spacial score (nSPS) is 18.0. The van der Waals surface area contributed by atoms with Gasteiger partial charge in [-0.3, -0.25) is 9.89 Å². The zero-order valence-electron chi connectivity index (χ0n) is 16.4. The number of nitrogens with one attached hydrogen (secondary N) is 2. The Morgan fingerprint density at radius 1 is 1.23 bits per heavy atom. The molecular weight excluding hydrogens is 443 g/mol. The highest BCUT2D eigenvalue weighted by Gasteiger charge is 2.20. The van der Waals surface area contributed by atoms with Gasteiger partial charge in [-0.25, -0.2) is 0 Å². The molecule has 7 heteroatoms. The summed E-state index contributed by atoms with van der Waals surface area (Å²) >= 11 is 0. The van der Waals surface area contributed by atoms with Gasteiger partial charge in [-0.15, -0.1) is 24.0 Å². The van der Waals surface area contributed by atoms with Crippen LogP contribution in [0.5, 0.6) is 11.5 Å². The molecule has 6 nitrogen and oxygen atoms in total. The number of benzene rings is 1. The fourth-order valence-electron chi connectivity index (χ4n) is 3.32. The van der Waals surface area contributed by atoms with Crippen LogP contribution in [-0.2, 0) is 6.54 Å². The number of halogens is 1. The van der Waals surface area contributed by atoms with Gasteiger partial charge in [0.1, 0.15) is 11.5 Å². The first-order valence-electron chi connectivity index (χ1n) is 9.11. The van der Waals surface area contributed by atoms with E-state index in [1.54, 1.807) is 21.3 Å². The average molecular weight is 476 g/mol. The minimum Gasteiger partial charge on any atom is -0.497 e. The number of hydrogen-bond acceptors (Lipinski definition) is 4. The molecule has 1 aromatic carbocycles. The number of methoxy groups -OCH3 is 2. The summed E-state index contributed by atoms with van der Waals surface area (Å²) in [5.74, 6) is 2.42. The highest BCUT2D eigenvalue weighted by atomic mass is 127. The predicted molar refractivity (Wildman–Crippen MR) is 118 cm³/mol. The van der Waals surface area contributed by atoms with E-state index < -0.39 is 0 Å². The lowest BCUT2D eigenvalue weighted by atomic mass is 10.0. The molecule has 1 saturated heterocycles. The molecule has 0 aliphatic carbocycles. The number of piperidine rings is 1. The number of nitrogens with zero attached hydrogens (tertiary/aromatic N) is 2. The number of rotatable bonds is 7. The van der Waals surface area contributed by atoms with Crippen molar-refractivity contribution >= 4 is 29.9 Å². The van der Waals surface area contributed by atoms with Crippen LogP contribution in [0.3, 0.4) is 0 Å². The molecule has 1 unspecified atom stereocenters. The Balaban J connectivity index is 0.00000338. The van der Waals surface area contributed by atoms with Crippen LogP contribution in [0.4, 0.5) is 0 Å². The van der Waals surface area contributed by atoms with E-state index in [9.17, 15) is 0 Å². The molecule has 0 saturated carbocycles. The predicted octanol–water partition coefficient (Wildman–Crippen LogP) is 2.86. The lowest BCUT2D eigenvalue weighted by Crippen LogP contribution is -2.48. The molecule has 1 fully saturated rings. The molecule has 0 aromatic heterocycles. The molecule has 1 aliphatic heterocycles. The van der Waals surface area contributed by atoms with Crippen LogP contribution in [0.15, 0.2) is 23.2 Å². The number of ether oxygens (including phenoxy) is 2. The molecule has 1 aromatic rings. The summed E-state index contributed by atoms with van der Waals surface area (Å²) in [5.41, 5.74) is 1.07. The zero-order chi connectivity index (χ0) is 18.1. The van der Waals surface area contributed by atoms with Gasteiger partial charge in [-0.2, -0.15) is 0 Å². The molecular formula is C19H33IN4O2. The maximum atomic E-state index is 5.45. The van der Waals surface area contributed by atoms with Crippen LogP contribution in [-0.4, -0.2) is 57.8 Å². The summed E-state index contributed by atoms with van der Waals surface area (Å²) in [7, 11) is 5.14. The zero-order valence-corrected chi connectivity index (χ0v) is 18.7. The van der Waals surface area contributed by atoms with Crippen molar-refractivity contribution in [1.82, 2.24) is 15.5 Å². The van der Waals surface area contributed by atoms with Gasteiger partial charge in [0, 0.05) is 37.8 Å². The molecule has 2 rings (SSSR count). The Morgan fingerprint density at radius 3 is 2.69 bits per heavy atom. The van der Waals surface area contributed by atoms with Crippen molar-refractivity contribution in [3.8, 4) is 11.5 Å². The Bertz CT molecular complexity index is 568. The lowest BCUT2D eigenvalue weighted by molar-refractivity contribution is 0.157. The van der Waals surface area contributed by atoms with E-state index in [1.165, 1.54) is 25.8 Å². The largest absolute Gasteiger partial charge is 0.497 e. The highest BCUT2D eigenvalue weighted by Crippen LogP contribution is 2.24. The van der Waals surface area contributed by atoms with Crippen molar-refractivity contribution in [2.75, 3.05) is 40.9 Å².